The van der Waals surface area contributed by atoms with Crippen LogP contribution in [0.5, 0.6) is 23.0 Å². The molecule has 2 aromatic carbocycles. The molecule has 1 aromatic heterocycles. The highest BCUT2D eigenvalue weighted by Crippen LogP contribution is 2.53. The lowest BCUT2D eigenvalue weighted by atomic mass is 9.76. The lowest BCUT2D eigenvalue weighted by Gasteiger charge is -2.50. The summed E-state index contributed by atoms with van der Waals surface area (Å²) < 4.78 is 28.9. The van der Waals surface area contributed by atoms with Crippen LogP contribution in [0.4, 0.5) is 0 Å². The molecule has 7 rings (SSSR count). The van der Waals surface area contributed by atoms with Crippen molar-refractivity contribution in [1.82, 2.24) is 10.6 Å². The van der Waals surface area contributed by atoms with Gasteiger partial charge in [0.05, 0.1) is 6.17 Å². The average molecular weight is 816 g/mol. The number of ether oxygens (including phenoxy) is 4. The molecule has 13 atom stereocenters. The number of aliphatic hydroxyl groups excluding tert-OH is 6. The van der Waals surface area contributed by atoms with Gasteiger partial charge in [-0.2, -0.15) is 0 Å². The van der Waals surface area contributed by atoms with Crippen LogP contribution in [-0.2, 0) is 23.8 Å². The van der Waals surface area contributed by atoms with Gasteiger partial charge < -0.3 is 90.8 Å². The molecule has 0 radical (unpaired) electrons. The fraction of sp³-hybridized carbons (Fsp3) is 0.432. The zero-order valence-electron chi connectivity index (χ0n) is 30.3. The highest BCUT2D eigenvalue weighted by Gasteiger charge is 2.63. The van der Waals surface area contributed by atoms with E-state index in [9.17, 15) is 65.4 Å². The van der Waals surface area contributed by atoms with Crippen molar-refractivity contribution in [2.24, 2.45) is 11.7 Å². The van der Waals surface area contributed by atoms with Crippen LogP contribution in [0.25, 0.3) is 22.3 Å². The maximum Gasteiger partial charge on any atom is 0.340 e. The number of nitrogens with two attached hydrogens (primary N) is 1. The van der Waals surface area contributed by atoms with Crippen LogP contribution in [-0.4, -0.2) is 144 Å². The van der Waals surface area contributed by atoms with E-state index in [1.807, 2.05) is 0 Å². The number of aliphatic hydroxyl groups is 6. The summed E-state index contributed by atoms with van der Waals surface area (Å²) in [5.41, 5.74) is 5.61. The van der Waals surface area contributed by atoms with Gasteiger partial charge in [-0.05, 0) is 43.3 Å². The topological polar surface area (TPSA) is 354 Å². The molecule has 4 aliphatic heterocycles. The summed E-state index contributed by atoms with van der Waals surface area (Å²) in [5, 5.41) is 112. The Kier molecular flexibility index (Phi) is 10.9. The molecule has 4 aliphatic rings. The van der Waals surface area contributed by atoms with Gasteiger partial charge in [0.15, 0.2) is 29.1 Å². The third kappa shape index (κ3) is 6.89. The van der Waals surface area contributed by atoms with Crippen LogP contribution >= 0.6 is 0 Å². The smallest absolute Gasteiger partial charge is 0.340 e. The number of esters is 1. The van der Waals surface area contributed by atoms with E-state index < -0.39 is 114 Å². The summed E-state index contributed by atoms with van der Waals surface area (Å²) in [6.07, 6.45) is -15.8. The lowest BCUT2D eigenvalue weighted by Crippen LogP contribution is -2.71. The van der Waals surface area contributed by atoms with Crippen molar-refractivity contribution in [3.05, 3.63) is 70.0 Å². The highest BCUT2D eigenvalue weighted by atomic mass is 16.8. The lowest BCUT2D eigenvalue weighted by molar-refractivity contribution is -0.352. The molecule has 2 saturated heterocycles. The second-order valence-corrected chi connectivity index (χ2v) is 14.4. The van der Waals surface area contributed by atoms with Gasteiger partial charge in [0.2, 0.25) is 12.1 Å². The number of carbonyl (C=O) groups excluding carboxylic acids is 1. The number of hydrogen-bond donors (Lipinski definition) is 13. The Labute approximate surface area is 326 Å². The molecule has 2 fully saturated rings. The van der Waals surface area contributed by atoms with Crippen molar-refractivity contribution in [2.45, 2.75) is 79.4 Å². The number of phenols is 3. The number of carboxylic acids is 1. The summed E-state index contributed by atoms with van der Waals surface area (Å²) >= 11 is 0. The van der Waals surface area contributed by atoms with Crippen molar-refractivity contribution < 1.29 is 84.0 Å². The minimum atomic E-state index is -2.54. The Morgan fingerprint density at radius 1 is 0.966 bits per heavy atom. The van der Waals surface area contributed by atoms with E-state index in [0.29, 0.717) is 5.57 Å². The van der Waals surface area contributed by atoms with E-state index >= 15 is 0 Å². The van der Waals surface area contributed by atoms with Gasteiger partial charge >= 0.3 is 11.9 Å². The van der Waals surface area contributed by atoms with Crippen molar-refractivity contribution >= 4 is 22.9 Å². The number of aromatic hydroxyl groups is 3. The first-order chi connectivity index (χ1) is 27.5. The Balaban J connectivity index is 1.36. The number of fused-ring (bicyclic) bond motifs is 2. The number of hydrogen-bond acceptors (Lipinski definition) is 20. The number of phenolic OH excluding ortho intramolecular Hbond substituents is 3. The van der Waals surface area contributed by atoms with Crippen molar-refractivity contribution in [1.29, 1.82) is 0 Å². The molecule has 0 aliphatic carbocycles. The van der Waals surface area contributed by atoms with E-state index in [1.165, 1.54) is 19.2 Å². The highest BCUT2D eigenvalue weighted by molar-refractivity contribution is 5.89. The van der Waals surface area contributed by atoms with Crippen LogP contribution in [0.1, 0.15) is 17.9 Å². The summed E-state index contributed by atoms with van der Waals surface area (Å²) in [6.45, 7) is -0.100. The van der Waals surface area contributed by atoms with Crippen LogP contribution in [0.2, 0.25) is 0 Å². The molecule has 5 heterocycles. The summed E-state index contributed by atoms with van der Waals surface area (Å²) in [7, 11) is 1.53. The number of allylic oxidation sites excluding steroid dienone is 2. The zero-order chi connectivity index (χ0) is 42.0. The third-order valence-corrected chi connectivity index (χ3v) is 10.7. The molecule has 0 amide bonds. The number of carboxylic acid groups (broad SMARTS) is 1. The molecular formula is C37H41N3O18. The fourth-order valence-corrected chi connectivity index (χ4v) is 7.74. The van der Waals surface area contributed by atoms with E-state index in [4.69, 9.17) is 29.1 Å². The molecule has 0 bridgehead atoms. The molecule has 0 saturated carbocycles. The van der Waals surface area contributed by atoms with Crippen molar-refractivity contribution in [2.75, 3.05) is 13.6 Å². The predicted molar refractivity (Wildman–Crippen MR) is 193 cm³/mol. The zero-order valence-corrected chi connectivity index (χ0v) is 30.3. The number of dihydropyridines is 1. The largest absolute Gasteiger partial charge is 0.507 e. The van der Waals surface area contributed by atoms with Gasteiger partial charge in [-0.15, -0.1) is 0 Å². The monoisotopic (exact) mass is 815 g/mol. The quantitative estimate of drug-likeness (QED) is 0.0847. The number of carbonyl (C=O) groups is 2. The molecule has 58 heavy (non-hydrogen) atoms. The van der Waals surface area contributed by atoms with Gasteiger partial charge in [0.25, 0.3) is 0 Å². The van der Waals surface area contributed by atoms with Gasteiger partial charge in [0, 0.05) is 47.8 Å². The number of aliphatic carboxylic acids is 1. The van der Waals surface area contributed by atoms with Gasteiger partial charge in [0.1, 0.15) is 64.9 Å². The Hall–Kier alpha value is -5.33. The Morgan fingerprint density at radius 2 is 1.69 bits per heavy atom. The molecule has 21 heteroatoms. The van der Waals surface area contributed by atoms with E-state index in [0.717, 1.165) is 18.2 Å². The van der Waals surface area contributed by atoms with Crippen LogP contribution in [0.15, 0.2) is 63.5 Å². The van der Waals surface area contributed by atoms with Gasteiger partial charge in [-0.1, -0.05) is 6.08 Å². The van der Waals surface area contributed by atoms with Crippen LogP contribution in [0, 0.1) is 5.92 Å². The Morgan fingerprint density at radius 3 is 2.34 bits per heavy atom. The minimum absolute atomic E-state index is 0.0255. The van der Waals surface area contributed by atoms with E-state index in [-0.39, 0.29) is 46.6 Å². The molecule has 14 N–H and O–H groups in total. The molecule has 3 aromatic rings. The number of benzene rings is 2. The van der Waals surface area contributed by atoms with Crippen LogP contribution < -0.4 is 26.5 Å². The first-order valence-electron chi connectivity index (χ1n) is 17.9. The van der Waals surface area contributed by atoms with Crippen molar-refractivity contribution in [3.63, 3.8) is 0 Å². The summed E-state index contributed by atoms with van der Waals surface area (Å²) in [6, 6.07) is 5.91. The maximum absolute atomic E-state index is 13.8. The van der Waals surface area contributed by atoms with Gasteiger partial charge in [-0.25, -0.2) is 9.59 Å². The first kappa shape index (κ1) is 40.9. The second kappa shape index (κ2) is 15.4. The standard InChI is InChI=1S/C37H41N3O18/c1-39-11-14-7-15(13-3-5-22(38)40-10-13)23-21(9-20-24(25(23)44)18(43)8-19(54-20)12-2-4-16(41)17(42)6-12)57-37(14)33(50)29(48)28(47)32(58-37)35(53)56-36-30(49)26(45)27(46)31(55-36)34(51)52/h2-6,8-10,14-15,22,26-33,36,39-42,44-50H,7,11,38H2,1H3,(H,51,52)/t14-,15-,22?,26+,27+,28+,29+,30-,31+,32+,33-,36-,37+/m1/s1. The molecule has 1 unspecified atom stereocenters. The predicted octanol–water partition coefficient (Wildman–Crippen LogP) is -2.78. The second-order valence-electron chi connectivity index (χ2n) is 14.4. The molecule has 21 nitrogen and oxygen atoms in total. The molecular weight excluding hydrogens is 774 g/mol. The fourth-order valence-electron chi connectivity index (χ4n) is 7.74. The SMILES string of the molecule is CNC[C@H]1C[C@H](C2=CNC(N)C=C2)c2c(cc3oc(-c4ccc(O)c(O)c4)cc(=O)c3c2O)O[C@]12O[C@H](C(=O)O[C@H]1O[C@H](C(=O)O)[C@@H](O)[C@H](O)[C@H]1O)[C@@H](O)[C@H](O)[C@H]2O. The average Bonchev–Trinajstić information content (AvgIpc) is 3.31. The van der Waals surface area contributed by atoms with E-state index in [1.54, 1.807) is 18.4 Å². The van der Waals surface area contributed by atoms with Crippen molar-refractivity contribution in [3.8, 4) is 34.3 Å². The summed E-state index contributed by atoms with van der Waals surface area (Å²) in [4.78, 5) is 39.2. The number of nitrogens with one attached hydrogen (secondary N) is 2. The Bertz CT molecular complexity index is 2230. The molecule has 1 spiro atoms. The third-order valence-electron chi connectivity index (χ3n) is 10.7. The number of rotatable bonds is 7. The van der Waals surface area contributed by atoms with Gasteiger partial charge in [-0.3, -0.25) is 4.79 Å². The maximum atomic E-state index is 13.8. The first-order valence-corrected chi connectivity index (χ1v) is 17.9. The normalized spacial score (nSPS) is 34.7. The summed E-state index contributed by atoms with van der Waals surface area (Å²) in [5.74, 6) is -9.94. The van der Waals surface area contributed by atoms with E-state index in [2.05, 4.69) is 10.6 Å². The molecule has 312 valence electrons. The minimum Gasteiger partial charge on any atom is -0.507 e. The van der Waals surface area contributed by atoms with Crippen LogP contribution in [0.3, 0.4) is 0 Å².